The third-order valence-electron chi connectivity index (χ3n) is 3.01. The number of ether oxygens (including phenoxy) is 2. The van der Waals surface area contributed by atoms with Gasteiger partial charge in [-0.15, -0.1) is 0 Å². The van der Waals surface area contributed by atoms with Crippen LogP contribution in [0.1, 0.15) is 16.9 Å². The van der Waals surface area contributed by atoms with Gasteiger partial charge in [0.2, 0.25) is 0 Å². The predicted molar refractivity (Wildman–Crippen MR) is 73.3 cm³/mol. The number of rotatable bonds is 2. The summed E-state index contributed by atoms with van der Waals surface area (Å²) >= 11 is 5.89. The Labute approximate surface area is 120 Å². The molecule has 5 nitrogen and oxygen atoms in total. The molecule has 0 amide bonds. The van der Waals surface area contributed by atoms with Crippen molar-refractivity contribution in [3.63, 3.8) is 0 Å². The van der Waals surface area contributed by atoms with Gasteiger partial charge in [-0.3, -0.25) is 0 Å². The smallest absolute Gasteiger partial charge is 0.352 e. The summed E-state index contributed by atoms with van der Waals surface area (Å²) in [4.78, 5) is 11.2. The highest BCUT2D eigenvalue weighted by Gasteiger charge is 2.16. The van der Waals surface area contributed by atoms with Crippen molar-refractivity contribution in [2.45, 2.75) is 6.42 Å². The number of carboxylic acid groups (broad SMARTS) is 1. The Kier molecular flexibility index (Phi) is 3.28. The van der Waals surface area contributed by atoms with Crippen LogP contribution >= 0.6 is 11.6 Å². The lowest BCUT2D eigenvalue weighted by Gasteiger charge is -2.11. The van der Waals surface area contributed by atoms with Crippen molar-refractivity contribution >= 4 is 17.6 Å². The highest BCUT2D eigenvalue weighted by Crippen LogP contribution is 2.32. The van der Waals surface area contributed by atoms with E-state index in [1.807, 2.05) is 0 Å². The second kappa shape index (κ2) is 5.09. The lowest BCUT2D eigenvalue weighted by molar-refractivity contribution is 0.0688. The van der Waals surface area contributed by atoms with E-state index >= 15 is 0 Å². The average molecular weight is 294 g/mol. The molecule has 0 radical (unpaired) electrons. The number of aromatic carboxylic acids is 1. The molecule has 0 spiro atoms. The second-order valence-electron chi connectivity index (χ2n) is 4.40. The molecule has 1 aliphatic heterocycles. The van der Waals surface area contributed by atoms with E-state index in [0.717, 1.165) is 6.42 Å². The van der Waals surface area contributed by atoms with E-state index in [2.05, 4.69) is 0 Å². The first-order chi connectivity index (χ1) is 9.65. The minimum atomic E-state index is -1.04. The first-order valence-corrected chi connectivity index (χ1v) is 6.54. The van der Waals surface area contributed by atoms with Crippen LogP contribution in [-0.4, -0.2) is 28.9 Å². The highest BCUT2D eigenvalue weighted by molar-refractivity contribution is 6.31. The Bertz CT molecular complexity index is 665. The Morgan fingerprint density at radius 3 is 2.70 bits per heavy atom. The number of fused-ring (bicyclic) bond motifs is 1. The molecule has 0 saturated carbocycles. The average Bonchev–Trinajstić information content (AvgIpc) is 2.68. The summed E-state index contributed by atoms with van der Waals surface area (Å²) in [5, 5.41) is 9.56. The number of benzene rings is 1. The fourth-order valence-electron chi connectivity index (χ4n) is 2.11. The minimum absolute atomic E-state index is 0.101. The molecule has 0 saturated heterocycles. The van der Waals surface area contributed by atoms with Crippen molar-refractivity contribution in [3.8, 4) is 17.2 Å². The van der Waals surface area contributed by atoms with Crippen LogP contribution < -0.4 is 9.47 Å². The van der Waals surface area contributed by atoms with Gasteiger partial charge in [-0.25, -0.2) is 4.79 Å². The Morgan fingerprint density at radius 1 is 1.20 bits per heavy atom. The summed E-state index contributed by atoms with van der Waals surface area (Å²) in [5.41, 5.74) is 0.767. The summed E-state index contributed by atoms with van der Waals surface area (Å²) in [5.74, 6) is 0.242. The number of nitrogens with zero attached hydrogens (tertiary/aromatic N) is 1. The van der Waals surface area contributed by atoms with E-state index in [4.69, 9.17) is 21.1 Å². The lowest BCUT2D eigenvalue weighted by Crippen LogP contribution is -2.05. The maximum absolute atomic E-state index is 11.2. The molecule has 1 aromatic heterocycles. The second-order valence-corrected chi connectivity index (χ2v) is 4.84. The molecule has 6 heteroatoms. The van der Waals surface area contributed by atoms with Crippen molar-refractivity contribution in [2.75, 3.05) is 13.2 Å². The number of hydrogen-bond donors (Lipinski definition) is 1. The fourth-order valence-corrected chi connectivity index (χ4v) is 2.31. The molecule has 20 heavy (non-hydrogen) atoms. The van der Waals surface area contributed by atoms with Crippen molar-refractivity contribution in [2.24, 2.45) is 0 Å². The van der Waals surface area contributed by atoms with Gasteiger partial charge in [0.1, 0.15) is 5.69 Å². The lowest BCUT2D eigenvalue weighted by atomic mass is 10.2. The van der Waals surface area contributed by atoms with Crippen LogP contribution in [0.5, 0.6) is 11.5 Å². The molecule has 0 bridgehead atoms. The van der Waals surface area contributed by atoms with Crippen LogP contribution in [0.15, 0.2) is 30.5 Å². The van der Waals surface area contributed by atoms with Crippen LogP contribution in [0.3, 0.4) is 0 Å². The van der Waals surface area contributed by atoms with E-state index in [1.54, 1.807) is 24.4 Å². The molecule has 0 fully saturated rings. The van der Waals surface area contributed by atoms with E-state index in [1.165, 1.54) is 10.6 Å². The maximum atomic E-state index is 11.2. The van der Waals surface area contributed by atoms with Crippen LogP contribution in [0.2, 0.25) is 5.02 Å². The van der Waals surface area contributed by atoms with Gasteiger partial charge in [0.25, 0.3) is 0 Å². The van der Waals surface area contributed by atoms with Gasteiger partial charge in [-0.1, -0.05) is 11.6 Å². The normalized spacial score (nSPS) is 13.8. The molecule has 0 unspecified atom stereocenters. The summed E-state index contributed by atoms with van der Waals surface area (Å²) < 4.78 is 12.7. The standard InChI is InChI=1S/C14H12ClNO4/c15-9-6-11(14(17)18)16(8-9)10-2-3-12-13(7-10)20-5-1-4-19-12/h2-3,6-8H,1,4-5H2,(H,17,18). The van der Waals surface area contributed by atoms with Gasteiger partial charge in [-0.2, -0.15) is 0 Å². The van der Waals surface area contributed by atoms with Crippen LogP contribution in [0.25, 0.3) is 5.69 Å². The molecule has 2 aromatic rings. The van der Waals surface area contributed by atoms with Crippen LogP contribution in [-0.2, 0) is 0 Å². The molecule has 1 aromatic carbocycles. The van der Waals surface area contributed by atoms with E-state index in [-0.39, 0.29) is 5.69 Å². The molecule has 1 aliphatic rings. The molecule has 1 N–H and O–H groups in total. The van der Waals surface area contributed by atoms with Gasteiger partial charge in [-0.05, 0) is 18.2 Å². The summed E-state index contributed by atoms with van der Waals surface area (Å²) in [6, 6.07) is 6.71. The molecule has 2 heterocycles. The van der Waals surface area contributed by atoms with Crippen molar-refractivity contribution in [1.82, 2.24) is 4.57 Å². The zero-order valence-electron chi connectivity index (χ0n) is 10.5. The highest BCUT2D eigenvalue weighted by atomic mass is 35.5. The fraction of sp³-hybridized carbons (Fsp3) is 0.214. The Morgan fingerprint density at radius 2 is 1.95 bits per heavy atom. The molecule has 3 rings (SSSR count). The van der Waals surface area contributed by atoms with Gasteiger partial charge < -0.3 is 19.1 Å². The van der Waals surface area contributed by atoms with E-state index < -0.39 is 5.97 Å². The largest absolute Gasteiger partial charge is 0.490 e. The Hall–Kier alpha value is -2.14. The predicted octanol–water partition coefficient (Wildman–Crippen LogP) is 2.99. The quantitative estimate of drug-likeness (QED) is 0.924. The molecule has 0 atom stereocenters. The topological polar surface area (TPSA) is 60.7 Å². The summed E-state index contributed by atoms with van der Waals surface area (Å²) in [7, 11) is 0. The van der Waals surface area contributed by atoms with Crippen LogP contribution in [0, 0.1) is 0 Å². The van der Waals surface area contributed by atoms with Gasteiger partial charge in [0.15, 0.2) is 11.5 Å². The molecular weight excluding hydrogens is 282 g/mol. The summed E-state index contributed by atoms with van der Waals surface area (Å²) in [6.45, 7) is 1.19. The third-order valence-corrected chi connectivity index (χ3v) is 3.22. The molecule has 104 valence electrons. The number of aromatic nitrogens is 1. The third kappa shape index (κ3) is 2.32. The number of carboxylic acids is 1. The SMILES string of the molecule is O=C(O)c1cc(Cl)cn1-c1ccc2c(c1)OCCCO2. The van der Waals surface area contributed by atoms with Crippen LogP contribution in [0.4, 0.5) is 0 Å². The van der Waals surface area contributed by atoms with E-state index in [9.17, 15) is 9.90 Å². The van der Waals surface area contributed by atoms with Crippen molar-refractivity contribution < 1.29 is 19.4 Å². The van der Waals surface area contributed by atoms with E-state index in [0.29, 0.717) is 35.4 Å². The zero-order valence-corrected chi connectivity index (χ0v) is 11.3. The van der Waals surface area contributed by atoms with Crippen molar-refractivity contribution in [1.29, 1.82) is 0 Å². The van der Waals surface area contributed by atoms with Gasteiger partial charge >= 0.3 is 5.97 Å². The number of carbonyl (C=O) groups is 1. The summed E-state index contributed by atoms with van der Waals surface area (Å²) in [6.07, 6.45) is 2.38. The first-order valence-electron chi connectivity index (χ1n) is 6.16. The maximum Gasteiger partial charge on any atom is 0.352 e. The molecule has 0 aliphatic carbocycles. The Balaban J connectivity index is 2.07. The van der Waals surface area contributed by atoms with Crippen molar-refractivity contribution in [3.05, 3.63) is 41.2 Å². The minimum Gasteiger partial charge on any atom is -0.490 e. The monoisotopic (exact) mass is 293 g/mol. The van der Waals surface area contributed by atoms with Gasteiger partial charge in [0.05, 0.1) is 18.2 Å². The first kappa shape index (κ1) is 12.9. The number of halogens is 1. The number of hydrogen-bond acceptors (Lipinski definition) is 3. The zero-order chi connectivity index (χ0) is 14.1. The van der Waals surface area contributed by atoms with Gasteiger partial charge in [0, 0.05) is 24.4 Å². The molecular formula is C14H12ClNO4.